The largest absolute Gasteiger partial charge is 0.298 e. The zero-order valence-corrected chi connectivity index (χ0v) is 8.15. The van der Waals surface area contributed by atoms with Gasteiger partial charge in [0, 0.05) is 20.6 Å². The lowest BCUT2D eigenvalue weighted by molar-refractivity contribution is -0.379. The highest BCUT2D eigenvalue weighted by molar-refractivity contribution is 9.10. The third kappa shape index (κ3) is 1.70. The van der Waals surface area contributed by atoms with Gasteiger partial charge in [-0.05, 0) is 22.0 Å². The summed E-state index contributed by atoms with van der Waals surface area (Å²) in [5.41, 5.74) is 0.458. The molecule has 0 radical (unpaired) electrons. The fourth-order valence-corrected chi connectivity index (χ4v) is 1.27. The minimum Gasteiger partial charge on any atom is -0.298 e. The molecule has 1 N–H and O–H groups in total. The van der Waals surface area contributed by atoms with Crippen LogP contribution in [0.3, 0.4) is 0 Å². The third-order valence-corrected chi connectivity index (χ3v) is 2.53. The fraction of sp³-hybridized carbons (Fsp3) is 0. The molecule has 0 saturated heterocycles. The standard InChI is InChI=1S/C7H3BrClNO2/c8-5-1-4(3-11)7(10-12)2-6(5)9/h1-3H/p+1. The zero-order chi connectivity index (χ0) is 9.14. The number of nitrogens with one attached hydrogen (secondary N) is 1. The van der Waals surface area contributed by atoms with Gasteiger partial charge in [0.2, 0.25) is 0 Å². The molecule has 0 aromatic heterocycles. The Kier molecular flexibility index (Phi) is 2.94. The quantitative estimate of drug-likeness (QED) is 0.805. The zero-order valence-electron chi connectivity index (χ0n) is 5.80. The molecule has 1 aromatic rings. The summed E-state index contributed by atoms with van der Waals surface area (Å²) >= 11 is 8.81. The van der Waals surface area contributed by atoms with E-state index in [2.05, 4.69) is 15.9 Å². The summed E-state index contributed by atoms with van der Waals surface area (Å²) in [5.74, 6) is 0. The normalized spacial score (nSPS) is 9.50. The van der Waals surface area contributed by atoms with Gasteiger partial charge in [-0.25, -0.2) is 0 Å². The molecule has 12 heavy (non-hydrogen) atoms. The van der Waals surface area contributed by atoms with E-state index < -0.39 is 0 Å². The Hall–Kier alpha value is -0.740. The Morgan fingerprint density at radius 2 is 2.17 bits per heavy atom. The van der Waals surface area contributed by atoms with Crippen LogP contribution < -0.4 is 5.18 Å². The molecule has 1 aromatic carbocycles. The van der Waals surface area contributed by atoms with Gasteiger partial charge in [0.1, 0.15) is 0 Å². The van der Waals surface area contributed by atoms with Crippen LogP contribution in [0.4, 0.5) is 5.69 Å². The number of hydrogen-bond acceptors (Lipinski definition) is 2. The predicted octanol–water partition coefficient (Wildman–Crippen LogP) is 1.39. The van der Waals surface area contributed by atoms with Gasteiger partial charge >= 0.3 is 0 Å². The summed E-state index contributed by atoms with van der Waals surface area (Å²) in [6.45, 7) is 0. The molecule has 0 aliphatic carbocycles. The number of carbonyl (C=O) groups excluding carboxylic acids is 1. The number of carbonyl (C=O) groups is 1. The lowest BCUT2D eigenvalue weighted by Crippen LogP contribution is -2.56. The van der Waals surface area contributed by atoms with Gasteiger partial charge in [-0.1, -0.05) is 11.6 Å². The van der Waals surface area contributed by atoms with Gasteiger partial charge in [-0.2, -0.15) is 0 Å². The molecule has 1 rings (SSSR count). The first kappa shape index (κ1) is 9.35. The lowest BCUT2D eigenvalue weighted by atomic mass is 10.2. The Bertz CT molecular complexity index is 307. The van der Waals surface area contributed by atoms with Crippen molar-refractivity contribution < 1.29 is 9.97 Å². The van der Waals surface area contributed by atoms with Crippen molar-refractivity contribution in [3.05, 3.63) is 32.1 Å². The maximum atomic E-state index is 10.4. The van der Waals surface area contributed by atoms with E-state index in [0.29, 0.717) is 15.8 Å². The molecule has 5 heteroatoms. The van der Waals surface area contributed by atoms with Crippen molar-refractivity contribution in [3.63, 3.8) is 0 Å². The second kappa shape index (κ2) is 3.78. The van der Waals surface area contributed by atoms with Crippen LogP contribution in [-0.2, 0) is 0 Å². The van der Waals surface area contributed by atoms with Crippen LogP contribution in [0.5, 0.6) is 0 Å². The van der Waals surface area contributed by atoms with Gasteiger partial charge in [0.25, 0.3) is 5.69 Å². The average Bonchev–Trinajstić information content (AvgIpc) is 2.09. The molecule has 0 heterocycles. The molecule has 0 unspecified atom stereocenters. The van der Waals surface area contributed by atoms with Crippen LogP contribution in [-0.4, -0.2) is 6.29 Å². The minimum absolute atomic E-state index is 0.179. The highest BCUT2D eigenvalue weighted by Crippen LogP contribution is 2.26. The molecule has 0 aliphatic heterocycles. The number of rotatable bonds is 2. The van der Waals surface area contributed by atoms with E-state index >= 15 is 0 Å². The van der Waals surface area contributed by atoms with Crippen molar-refractivity contribution in [2.24, 2.45) is 0 Å². The van der Waals surface area contributed by atoms with E-state index in [1.165, 1.54) is 12.1 Å². The number of benzene rings is 1. The van der Waals surface area contributed by atoms with Gasteiger partial charge < -0.3 is 0 Å². The van der Waals surface area contributed by atoms with E-state index in [1.54, 1.807) is 5.18 Å². The number of nitroso groups, excluding NO2 is 1. The van der Waals surface area contributed by atoms with Crippen molar-refractivity contribution in [2.45, 2.75) is 0 Å². The summed E-state index contributed by atoms with van der Waals surface area (Å²) < 4.78 is 0.588. The van der Waals surface area contributed by atoms with Crippen molar-refractivity contribution in [3.8, 4) is 0 Å². The van der Waals surface area contributed by atoms with Gasteiger partial charge in [0.15, 0.2) is 6.29 Å². The first-order valence-electron chi connectivity index (χ1n) is 3.01. The lowest BCUT2D eigenvalue weighted by Gasteiger charge is -1.94. The topological polar surface area (TPSA) is 48.1 Å². The van der Waals surface area contributed by atoms with Crippen molar-refractivity contribution in [1.82, 2.24) is 0 Å². The van der Waals surface area contributed by atoms with E-state index in [-0.39, 0.29) is 11.3 Å². The first-order valence-corrected chi connectivity index (χ1v) is 4.18. The number of aldehydes is 1. The van der Waals surface area contributed by atoms with Gasteiger partial charge in [-0.15, -0.1) is 0 Å². The van der Waals surface area contributed by atoms with Crippen LogP contribution in [0.15, 0.2) is 16.6 Å². The molecule has 0 spiro atoms. The minimum atomic E-state index is 0.179. The Morgan fingerprint density at radius 3 is 2.67 bits per heavy atom. The van der Waals surface area contributed by atoms with Crippen LogP contribution >= 0.6 is 27.5 Å². The van der Waals surface area contributed by atoms with Crippen LogP contribution in [0.2, 0.25) is 5.02 Å². The van der Waals surface area contributed by atoms with Gasteiger partial charge in [-0.3, -0.25) is 4.79 Å². The Morgan fingerprint density at radius 1 is 1.50 bits per heavy atom. The molecule has 0 aliphatic rings. The molecule has 0 saturated carbocycles. The van der Waals surface area contributed by atoms with E-state index in [9.17, 15) is 9.70 Å². The summed E-state index contributed by atoms with van der Waals surface area (Å²) in [4.78, 5) is 20.7. The highest BCUT2D eigenvalue weighted by Gasteiger charge is 2.11. The second-order valence-electron chi connectivity index (χ2n) is 2.07. The molecule has 62 valence electrons. The molecule has 0 fully saturated rings. The summed E-state index contributed by atoms with van der Waals surface area (Å²) in [6, 6.07) is 2.87. The average molecular weight is 249 g/mol. The highest BCUT2D eigenvalue weighted by atomic mass is 79.9. The maximum Gasteiger partial charge on any atom is 0.265 e. The van der Waals surface area contributed by atoms with Crippen LogP contribution in [0, 0.1) is 4.91 Å². The smallest absolute Gasteiger partial charge is 0.265 e. The van der Waals surface area contributed by atoms with Gasteiger partial charge in [0.05, 0.1) is 10.6 Å². The number of halogens is 2. The Balaban J connectivity index is 3.37. The van der Waals surface area contributed by atoms with E-state index in [1.807, 2.05) is 0 Å². The first-order chi connectivity index (χ1) is 5.69. The molecule has 0 atom stereocenters. The summed E-state index contributed by atoms with van der Waals surface area (Å²) in [6.07, 6.45) is 0.585. The summed E-state index contributed by atoms with van der Waals surface area (Å²) in [7, 11) is 0. The van der Waals surface area contributed by atoms with E-state index in [4.69, 9.17) is 11.6 Å². The van der Waals surface area contributed by atoms with Crippen molar-refractivity contribution >= 4 is 39.5 Å². The van der Waals surface area contributed by atoms with E-state index in [0.717, 1.165) is 0 Å². The predicted molar refractivity (Wildman–Crippen MR) is 48.5 cm³/mol. The van der Waals surface area contributed by atoms with Crippen molar-refractivity contribution in [1.29, 1.82) is 0 Å². The second-order valence-corrected chi connectivity index (χ2v) is 3.34. The molecular weight excluding hydrogens is 245 g/mol. The molecule has 0 amide bonds. The summed E-state index contributed by atoms with van der Waals surface area (Å²) in [5, 5.41) is 2.02. The monoisotopic (exact) mass is 248 g/mol. The van der Waals surface area contributed by atoms with Crippen LogP contribution in [0.25, 0.3) is 0 Å². The maximum absolute atomic E-state index is 10.4. The third-order valence-electron chi connectivity index (χ3n) is 1.33. The molecular formula is C7H4BrClNO2+. The molecule has 0 bridgehead atoms. The Labute approximate surface area is 81.8 Å². The SMILES string of the molecule is O=Cc1cc(Br)c(Cl)cc1[NH+]=O. The van der Waals surface area contributed by atoms with Crippen molar-refractivity contribution in [2.75, 3.05) is 0 Å². The molecule has 3 nitrogen and oxygen atoms in total. The number of hydrogen-bond donors (Lipinski definition) is 1. The van der Waals surface area contributed by atoms with Crippen LogP contribution in [0.1, 0.15) is 10.4 Å². The fourth-order valence-electron chi connectivity index (χ4n) is 0.748.